The third kappa shape index (κ3) is 1.81. The smallest absolute Gasteiger partial charge is 0.263 e. The molecule has 0 amide bonds. The van der Waals surface area contributed by atoms with Crippen LogP contribution in [0.4, 0.5) is 0 Å². The highest BCUT2D eigenvalue weighted by Crippen LogP contribution is 2.23. The van der Waals surface area contributed by atoms with Crippen LogP contribution in [-0.4, -0.2) is 11.5 Å². The van der Waals surface area contributed by atoms with Crippen molar-refractivity contribution in [2.75, 3.05) is 6.54 Å². The summed E-state index contributed by atoms with van der Waals surface area (Å²) in [6.07, 6.45) is 2.26. The van der Waals surface area contributed by atoms with Gasteiger partial charge < -0.3 is 14.6 Å². The molecule has 0 unspecified atom stereocenters. The molecule has 0 saturated carbocycles. The second-order valence-corrected chi connectivity index (χ2v) is 3.16. The fourth-order valence-corrected chi connectivity index (χ4v) is 1.26. The third-order valence-corrected chi connectivity index (χ3v) is 1.94. The molecule has 14 heavy (non-hydrogen) atoms. The first-order chi connectivity index (χ1) is 6.79. The number of hydrogen-bond acceptors (Lipinski definition) is 4. The van der Waals surface area contributed by atoms with Gasteiger partial charge in [0.05, 0.1) is 5.69 Å². The summed E-state index contributed by atoms with van der Waals surface area (Å²) < 4.78 is 10.3. The van der Waals surface area contributed by atoms with Crippen LogP contribution in [0, 0.1) is 0 Å². The highest BCUT2D eigenvalue weighted by molar-refractivity contribution is 6.28. The molecule has 0 radical (unpaired) electrons. The maximum atomic E-state index is 5.62. The van der Waals surface area contributed by atoms with Gasteiger partial charge >= 0.3 is 0 Å². The highest BCUT2D eigenvalue weighted by Gasteiger charge is 2.09. The first-order valence-corrected chi connectivity index (χ1v) is 4.57. The number of rotatable bonds is 3. The first-order valence-electron chi connectivity index (χ1n) is 4.20. The number of hydrogen-bond donors (Lipinski definition) is 1. The molecule has 2 aromatic heterocycles. The molecule has 0 spiro atoms. The Hall–Kier alpha value is -1.26. The Bertz CT molecular complexity index is 422. The molecule has 2 rings (SSSR count). The summed E-state index contributed by atoms with van der Waals surface area (Å²) in [7, 11) is 0. The van der Waals surface area contributed by atoms with Crippen molar-refractivity contribution in [1.82, 2.24) is 4.98 Å². The summed E-state index contributed by atoms with van der Waals surface area (Å²) in [5.74, 6) is 0.957. The number of oxazole rings is 1. The molecule has 0 aliphatic carbocycles. The molecule has 4 nitrogen and oxygen atoms in total. The molecule has 0 aliphatic rings. The summed E-state index contributed by atoms with van der Waals surface area (Å²) in [5.41, 5.74) is 6.20. The van der Waals surface area contributed by atoms with Crippen LogP contribution in [-0.2, 0) is 6.42 Å². The van der Waals surface area contributed by atoms with Crippen LogP contribution < -0.4 is 5.73 Å². The quantitative estimate of drug-likeness (QED) is 0.846. The number of nitrogens with zero attached hydrogens (tertiary/aromatic N) is 1. The summed E-state index contributed by atoms with van der Waals surface area (Å²) in [6.45, 7) is 0.547. The summed E-state index contributed by atoms with van der Waals surface area (Å²) in [6, 6.07) is 3.35. The second-order valence-electron chi connectivity index (χ2n) is 2.79. The maximum absolute atomic E-state index is 5.62. The van der Waals surface area contributed by atoms with Gasteiger partial charge in [-0.15, -0.1) is 0 Å². The largest absolute Gasteiger partial charge is 0.442 e. The van der Waals surface area contributed by atoms with E-state index >= 15 is 0 Å². The SMILES string of the molecule is NCCc1coc(-c2ccc(Cl)o2)n1. The van der Waals surface area contributed by atoms with Crippen LogP contribution in [0.3, 0.4) is 0 Å². The molecule has 0 aliphatic heterocycles. The minimum Gasteiger partial charge on any atom is -0.442 e. The minimum absolute atomic E-state index is 0.318. The van der Waals surface area contributed by atoms with Gasteiger partial charge in [-0.3, -0.25) is 0 Å². The van der Waals surface area contributed by atoms with E-state index in [1.165, 1.54) is 0 Å². The monoisotopic (exact) mass is 212 g/mol. The van der Waals surface area contributed by atoms with Crippen molar-refractivity contribution in [2.45, 2.75) is 6.42 Å². The van der Waals surface area contributed by atoms with E-state index < -0.39 is 0 Å². The Labute approximate surface area is 85.7 Å². The molecular formula is C9H9ClN2O2. The van der Waals surface area contributed by atoms with E-state index in [9.17, 15) is 0 Å². The predicted octanol–water partition coefficient (Wildman–Crippen LogP) is 2.09. The lowest BCUT2D eigenvalue weighted by Crippen LogP contribution is -2.02. The van der Waals surface area contributed by atoms with E-state index in [-0.39, 0.29) is 0 Å². The van der Waals surface area contributed by atoms with E-state index in [1.807, 2.05) is 0 Å². The Kier molecular flexibility index (Phi) is 2.56. The van der Waals surface area contributed by atoms with Crippen molar-refractivity contribution in [3.8, 4) is 11.7 Å². The third-order valence-electron chi connectivity index (χ3n) is 1.74. The van der Waals surface area contributed by atoms with Crippen LogP contribution in [0.2, 0.25) is 5.22 Å². The van der Waals surface area contributed by atoms with Crippen LogP contribution in [0.1, 0.15) is 5.69 Å². The lowest BCUT2D eigenvalue weighted by Gasteiger charge is -1.87. The van der Waals surface area contributed by atoms with Gasteiger partial charge in [-0.1, -0.05) is 0 Å². The number of aromatic nitrogens is 1. The molecule has 0 atom stereocenters. The van der Waals surface area contributed by atoms with Crippen molar-refractivity contribution in [2.24, 2.45) is 5.73 Å². The molecule has 74 valence electrons. The topological polar surface area (TPSA) is 65.2 Å². The van der Waals surface area contributed by atoms with Crippen molar-refractivity contribution < 1.29 is 8.83 Å². The van der Waals surface area contributed by atoms with Crippen molar-refractivity contribution in [3.63, 3.8) is 0 Å². The molecule has 0 saturated heterocycles. The molecule has 0 aromatic carbocycles. The average molecular weight is 213 g/mol. The Balaban J connectivity index is 2.24. The maximum Gasteiger partial charge on any atom is 0.263 e. The zero-order valence-corrected chi connectivity index (χ0v) is 8.12. The number of nitrogens with two attached hydrogens (primary N) is 1. The van der Waals surface area contributed by atoms with Gasteiger partial charge in [0.2, 0.25) is 0 Å². The van der Waals surface area contributed by atoms with Crippen LogP contribution in [0.5, 0.6) is 0 Å². The minimum atomic E-state index is 0.318. The van der Waals surface area contributed by atoms with Crippen LogP contribution in [0.15, 0.2) is 27.2 Å². The van der Waals surface area contributed by atoms with Gasteiger partial charge in [0, 0.05) is 6.42 Å². The average Bonchev–Trinajstić information content (AvgIpc) is 2.74. The predicted molar refractivity (Wildman–Crippen MR) is 52.0 cm³/mol. The number of furan rings is 1. The lowest BCUT2D eigenvalue weighted by molar-refractivity contribution is 0.518. The van der Waals surface area contributed by atoms with Crippen molar-refractivity contribution in [3.05, 3.63) is 29.3 Å². The Morgan fingerprint density at radius 1 is 1.43 bits per heavy atom. The summed E-state index contributed by atoms with van der Waals surface area (Å²) >= 11 is 5.62. The van der Waals surface area contributed by atoms with E-state index in [4.69, 9.17) is 26.2 Å². The van der Waals surface area contributed by atoms with Gasteiger partial charge in [-0.25, -0.2) is 4.98 Å². The Morgan fingerprint density at radius 3 is 2.93 bits per heavy atom. The normalized spacial score (nSPS) is 10.7. The van der Waals surface area contributed by atoms with Crippen LogP contribution in [0.25, 0.3) is 11.7 Å². The zero-order chi connectivity index (χ0) is 9.97. The van der Waals surface area contributed by atoms with Crippen molar-refractivity contribution >= 4 is 11.6 Å². The van der Waals surface area contributed by atoms with Gasteiger partial charge in [0.15, 0.2) is 11.0 Å². The van der Waals surface area contributed by atoms with E-state index in [2.05, 4.69) is 4.98 Å². The molecule has 2 N–H and O–H groups in total. The van der Waals surface area contributed by atoms with Gasteiger partial charge in [-0.05, 0) is 30.3 Å². The fourth-order valence-electron chi connectivity index (χ4n) is 1.11. The number of halogens is 1. The molecule has 0 fully saturated rings. The standard InChI is InChI=1S/C9H9ClN2O2/c10-8-2-1-7(14-8)9-12-6(3-4-11)5-13-9/h1-2,5H,3-4,11H2. The molecule has 5 heteroatoms. The van der Waals surface area contributed by atoms with E-state index in [1.54, 1.807) is 18.4 Å². The fraction of sp³-hybridized carbons (Fsp3) is 0.222. The van der Waals surface area contributed by atoms with Gasteiger partial charge in [-0.2, -0.15) is 0 Å². The first kappa shape index (κ1) is 9.30. The molecule has 0 bridgehead atoms. The van der Waals surface area contributed by atoms with Crippen molar-refractivity contribution in [1.29, 1.82) is 0 Å². The van der Waals surface area contributed by atoms with Gasteiger partial charge in [0.1, 0.15) is 6.26 Å². The summed E-state index contributed by atoms with van der Waals surface area (Å²) in [5, 5.41) is 0.318. The van der Waals surface area contributed by atoms with Gasteiger partial charge in [0.25, 0.3) is 5.89 Å². The molecule has 2 heterocycles. The summed E-state index contributed by atoms with van der Waals surface area (Å²) in [4.78, 5) is 4.18. The van der Waals surface area contributed by atoms with E-state index in [0.29, 0.717) is 29.8 Å². The molecule has 2 aromatic rings. The van der Waals surface area contributed by atoms with E-state index in [0.717, 1.165) is 5.69 Å². The Morgan fingerprint density at radius 2 is 2.29 bits per heavy atom. The molecular weight excluding hydrogens is 204 g/mol. The lowest BCUT2D eigenvalue weighted by atomic mass is 10.3. The van der Waals surface area contributed by atoms with Crippen LogP contribution >= 0.6 is 11.6 Å². The highest BCUT2D eigenvalue weighted by atomic mass is 35.5. The second kappa shape index (κ2) is 3.86. The zero-order valence-electron chi connectivity index (χ0n) is 7.37.